The summed E-state index contributed by atoms with van der Waals surface area (Å²) in [5, 5.41) is 0. The molecule has 0 aromatic heterocycles. The Bertz CT molecular complexity index is 631. The van der Waals surface area contributed by atoms with Crippen LogP contribution in [0.25, 0.3) is 5.70 Å². The number of benzene rings is 2. The molecule has 2 aromatic carbocycles. The van der Waals surface area contributed by atoms with Gasteiger partial charge in [-0.2, -0.15) is 0 Å². The molecule has 0 aliphatic carbocycles. The lowest BCUT2D eigenvalue weighted by Crippen LogP contribution is -2.16. The van der Waals surface area contributed by atoms with Crippen LogP contribution in [0.15, 0.2) is 49.0 Å². The number of para-hydroxylation sites is 1. The van der Waals surface area contributed by atoms with Gasteiger partial charge in [-0.15, -0.1) is 0 Å². The first kappa shape index (κ1) is 14.3. The third-order valence-electron chi connectivity index (χ3n) is 3.63. The fraction of sp³-hybridized carbons (Fsp3) is 0.222. The number of rotatable bonds is 4. The van der Waals surface area contributed by atoms with Crippen molar-refractivity contribution in [2.24, 2.45) is 0 Å². The summed E-state index contributed by atoms with van der Waals surface area (Å²) < 4.78 is 14.0. The van der Waals surface area contributed by atoms with Crippen LogP contribution in [-0.4, -0.2) is 7.05 Å². The van der Waals surface area contributed by atoms with Crippen LogP contribution in [0.3, 0.4) is 0 Å². The topological polar surface area (TPSA) is 3.24 Å². The van der Waals surface area contributed by atoms with E-state index in [1.807, 2.05) is 55.3 Å². The second kappa shape index (κ2) is 5.91. The first-order valence-corrected chi connectivity index (χ1v) is 6.81. The zero-order valence-electron chi connectivity index (χ0n) is 12.3. The van der Waals surface area contributed by atoms with Crippen LogP contribution >= 0.6 is 0 Å². The highest BCUT2D eigenvalue weighted by atomic mass is 19.1. The first-order chi connectivity index (χ1) is 9.54. The van der Waals surface area contributed by atoms with Gasteiger partial charge in [-0.05, 0) is 42.7 Å². The van der Waals surface area contributed by atoms with Crippen molar-refractivity contribution in [1.82, 2.24) is 0 Å². The number of nitrogens with zero attached hydrogens (tertiary/aromatic N) is 1. The summed E-state index contributed by atoms with van der Waals surface area (Å²) in [5.74, 6) is -0.229. The second-order valence-corrected chi connectivity index (χ2v) is 4.96. The maximum absolute atomic E-state index is 14.0. The third kappa shape index (κ3) is 2.74. The van der Waals surface area contributed by atoms with Gasteiger partial charge in [-0.25, -0.2) is 4.39 Å². The highest BCUT2D eigenvalue weighted by molar-refractivity contribution is 5.79. The third-order valence-corrected chi connectivity index (χ3v) is 3.63. The maximum Gasteiger partial charge on any atom is 0.132 e. The zero-order valence-corrected chi connectivity index (χ0v) is 12.3. The molecule has 1 nitrogen and oxygen atoms in total. The SMILES string of the molecule is C=C(c1cc(CC)ccc1F)N(C)c1ccccc1C. The summed E-state index contributed by atoms with van der Waals surface area (Å²) >= 11 is 0. The van der Waals surface area contributed by atoms with Crippen molar-refractivity contribution in [3.63, 3.8) is 0 Å². The Kier molecular flexibility index (Phi) is 4.23. The van der Waals surface area contributed by atoms with Crippen molar-refractivity contribution in [2.45, 2.75) is 20.3 Å². The Morgan fingerprint density at radius 2 is 1.90 bits per heavy atom. The molecule has 0 unspecified atom stereocenters. The zero-order chi connectivity index (χ0) is 14.7. The monoisotopic (exact) mass is 269 g/mol. The molecule has 0 aliphatic heterocycles. The second-order valence-electron chi connectivity index (χ2n) is 4.96. The normalized spacial score (nSPS) is 10.4. The van der Waals surface area contributed by atoms with Gasteiger partial charge in [0.2, 0.25) is 0 Å². The lowest BCUT2D eigenvalue weighted by Gasteiger charge is -2.24. The van der Waals surface area contributed by atoms with Crippen LogP contribution in [-0.2, 0) is 6.42 Å². The van der Waals surface area contributed by atoms with Crippen LogP contribution in [0.4, 0.5) is 10.1 Å². The highest BCUT2D eigenvalue weighted by Gasteiger charge is 2.13. The Hall–Kier alpha value is -2.09. The van der Waals surface area contributed by atoms with Gasteiger partial charge in [0.1, 0.15) is 5.82 Å². The van der Waals surface area contributed by atoms with Crippen molar-refractivity contribution < 1.29 is 4.39 Å². The van der Waals surface area contributed by atoms with E-state index in [1.54, 1.807) is 0 Å². The van der Waals surface area contributed by atoms with E-state index in [0.717, 1.165) is 23.2 Å². The molecule has 0 spiro atoms. The predicted octanol–water partition coefficient (Wildman–Crippen LogP) is 4.80. The van der Waals surface area contributed by atoms with E-state index in [9.17, 15) is 4.39 Å². The Balaban J connectivity index is 2.39. The van der Waals surface area contributed by atoms with Gasteiger partial charge in [0.25, 0.3) is 0 Å². The minimum absolute atomic E-state index is 0.229. The van der Waals surface area contributed by atoms with Crippen molar-refractivity contribution in [3.05, 3.63) is 71.6 Å². The summed E-state index contributed by atoms with van der Waals surface area (Å²) in [6, 6.07) is 13.2. The lowest BCUT2D eigenvalue weighted by molar-refractivity contribution is 0.622. The number of hydrogen-bond donors (Lipinski definition) is 0. The molecule has 0 radical (unpaired) electrons. The quantitative estimate of drug-likeness (QED) is 0.770. The van der Waals surface area contributed by atoms with E-state index in [1.165, 1.54) is 6.07 Å². The molecule has 2 heteroatoms. The summed E-state index contributed by atoms with van der Waals surface area (Å²) in [5.41, 5.74) is 4.53. The summed E-state index contributed by atoms with van der Waals surface area (Å²) in [7, 11) is 1.92. The van der Waals surface area contributed by atoms with Gasteiger partial charge >= 0.3 is 0 Å². The van der Waals surface area contributed by atoms with Crippen LogP contribution in [0, 0.1) is 12.7 Å². The predicted molar refractivity (Wildman–Crippen MR) is 84.4 cm³/mol. The molecule has 0 bridgehead atoms. The fourth-order valence-electron chi connectivity index (χ4n) is 2.28. The number of hydrogen-bond acceptors (Lipinski definition) is 1. The van der Waals surface area contributed by atoms with E-state index in [4.69, 9.17) is 0 Å². The van der Waals surface area contributed by atoms with Gasteiger partial charge in [-0.1, -0.05) is 37.8 Å². The first-order valence-electron chi connectivity index (χ1n) is 6.81. The minimum Gasteiger partial charge on any atom is -0.344 e. The van der Waals surface area contributed by atoms with Gasteiger partial charge in [0.05, 0.1) is 0 Å². The molecular formula is C18H20FN. The average Bonchev–Trinajstić information content (AvgIpc) is 2.47. The van der Waals surface area contributed by atoms with Crippen LogP contribution in [0.2, 0.25) is 0 Å². The molecule has 0 saturated carbocycles. The van der Waals surface area contributed by atoms with Gasteiger partial charge in [-0.3, -0.25) is 0 Å². The molecule has 0 N–H and O–H groups in total. The van der Waals surface area contributed by atoms with E-state index >= 15 is 0 Å². The van der Waals surface area contributed by atoms with E-state index in [0.29, 0.717) is 11.3 Å². The van der Waals surface area contributed by atoms with Crippen molar-refractivity contribution in [1.29, 1.82) is 0 Å². The van der Waals surface area contributed by atoms with Crippen molar-refractivity contribution in [3.8, 4) is 0 Å². The van der Waals surface area contributed by atoms with E-state index in [-0.39, 0.29) is 5.82 Å². The van der Waals surface area contributed by atoms with Crippen LogP contribution in [0.5, 0.6) is 0 Å². The van der Waals surface area contributed by atoms with E-state index < -0.39 is 0 Å². The number of aryl methyl sites for hydroxylation is 2. The maximum atomic E-state index is 14.0. The molecule has 0 amide bonds. The molecule has 0 saturated heterocycles. The molecule has 0 fully saturated rings. The summed E-state index contributed by atoms with van der Waals surface area (Å²) in [4.78, 5) is 1.94. The van der Waals surface area contributed by atoms with Gasteiger partial charge in [0.15, 0.2) is 0 Å². The van der Waals surface area contributed by atoms with Crippen LogP contribution < -0.4 is 4.90 Å². The Labute approximate surface area is 120 Å². The number of halogens is 1. The Morgan fingerprint density at radius 3 is 2.55 bits per heavy atom. The van der Waals surface area contributed by atoms with Gasteiger partial charge < -0.3 is 4.90 Å². The molecule has 0 heterocycles. The highest BCUT2D eigenvalue weighted by Crippen LogP contribution is 2.28. The fourth-order valence-corrected chi connectivity index (χ4v) is 2.28. The molecular weight excluding hydrogens is 249 g/mol. The lowest BCUT2D eigenvalue weighted by atomic mass is 10.0. The molecule has 2 aromatic rings. The Morgan fingerprint density at radius 1 is 1.20 bits per heavy atom. The summed E-state index contributed by atoms with van der Waals surface area (Å²) in [6.07, 6.45) is 0.884. The average molecular weight is 269 g/mol. The largest absolute Gasteiger partial charge is 0.344 e. The van der Waals surface area contributed by atoms with Crippen molar-refractivity contribution >= 4 is 11.4 Å². The molecule has 2 rings (SSSR count). The smallest absolute Gasteiger partial charge is 0.132 e. The van der Waals surface area contributed by atoms with Crippen molar-refractivity contribution in [2.75, 3.05) is 11.9 Å². The van der Waals surface area contributed by atoms with E-state index in [2.05, 4.69) is 13.5 Å². The van der Waals surface area contributed by atoms with Gasteiger partial charge in [0, 0.05) is 24.0 Å². The molecule has 0 aliphatic rings. The minimum atomic E-state index is -0.229. The molecule has 0 atom stereocenters. The molecule has 20 heavy (non-hydrogen) atoms. The van der Waals surface area contributed by atoms with Crippen LogP contribution in [0.1, 0.15) is 23.6 Å². The number of anilines is 1. The standard InChI is InChI=1S/C18H20FN/c1-5-15-10-11-17(19)16(12-15)14(3)20(4)18-9-7-6-8-13(18)2/h6-12H,3,5H2,1-2,4H3. The summed E-state index contributed by atoms with van der Waals surface area (Å²) in [6.45, 7) is 8.16. The molecule has 104 valence electrons.